The Bertz CT molecular complexity index is 402. The van der Waals surface area contributed by atoms with E-state index in [2.05, 4.69) is 11.9 Å². The second-order valence-electron chi connectivity index (χ2n) is 5.47. The maximum Gasteiger partial charge on any atom is 0.251 e. The number of carbonyl (C=O) groups excluding carboxylic acids is 2. The Balaban J connectivity index is 1.88. The molecule has 0 bridgehead atoms. The summed E-state index contributed by atoms with van der Waals surface area (Å²) in [5, 5.41) is 2.96. The Labute approximate surface area is 108 Å². The first-order chi connectivity index (χ1) is 8.44. The number of nitrogens with one attached hydrogen (secondary N) is 1. The Hall–Kier alpha value is -1.58. The maximum absolute atomic E-state index is 12.1. The summed E-state index contributed by atoms with van der Waals surface area (Å²) in [7, 11) is 0. The number of nitrogens with zero attached hydrogens (tertiary/aromatic N) is 1. The third-order valence-electron chi connectivity index (χ3n) is 3.60. The molecule has 1 fully saturated rings. The lowest BCUT2D eigenvalue weighted by molar-refractivity contribution is -0.128. The van der Waals surface area contributed by atoms with Gasteiger partial charge in [0.2, 0.25) is 5.91 Å². The predicted octanol–water partition coefficient (Wildman–Crippen LogP) is 1.59. The van der Waals surface area contributed by atoms with E-state index in [0.29, 0.717) is 6.54 Å². The summed E-state index contributed by atoms with van der Waals surface area (Å²) < 4.78 is 0. The van der Waals surface area contributed by atoms with E-state index < -0.39 is 0 Å². The fourth-order valence-corrected chi connectivity index (χ4v) is 2.23. The van der Waals surface area contributed by atoms with Crippen LogP contribution in [0.25, 0.3) is 0 Å². The fraction of sp³-hybridized carbons (Fsp3) is 0.571. The second kappa shape index (κ2) is 4.59. The van der Waals surface area contributed by atoms with Crippen molar-refractivity contribution in [2.45, 2.75) is 39.2 Å². The number of allylic oxidation sites excluding steroid dienone is 1. The smallest absolute Gasteiger partial charge is 0.251 e. The third kappa shape index (κ3) is 2.47. The van der Waals surface area contributed by atoms with Gasteiger partial charge in [0.15, 0.2) is 0 Å². The van der Waals surface area contributed by atoms with Gasteiger partial charge in [-0.3, -0.25) is 9.59 Å². The van der Waals surface area contributed by atoms with Gasteiger partial charge in [0.1, 0.15) is 0 Å². The van der Waals surface area contributed by atoms with Crippen LogP contribution in [0.5, 0.6) is 0 Å². The number of carbonyl (C=O) groups is 2. The molecule has 2 aliphatic rings. The first-order valence-corrected chi connectivity index (χ1v) is 6.44. The normalized spacial score (nSPS) is 20.7. The fourth-order valence-electron chi connectivity index (χ4n) is 2.23. The molecule has 0 aromatic carbocycles. The van der Waals surface area contributed by atoms with Crippen LogP contribution in [0.1, 0.15) is 33.1 Å². The minimum Gasteiger partial charge on any atom is -0.353 e. The van der Waals surface area contributed by atoms with Gasteiger partial charge in [-0.25, -0.2) is 0 Å². The largest absolute Gasteiger partial charge is 0.353 e. The van der Waals surface area contributed by atoms with Crippen molar-refractivity contribution in [1.29, 1.82) is 0 Å². The highest BCUT2D eigenvalue weighted by molar-refractivity contribution is 5.93. The Morgan fingerprint density at radius 3 is 2.61 bits per heavy atom. The predicted molar refractivity (Wildman–Crippen MR) is 69.6 cm³/mol. The average Bonchev–Trinajstić information content (AvgIpc) is 3.00. The lowest BCUT2D eigenvalue weighted by Crippen LogP contribution is -2.38. The minimum absolute atomic E-state index is 0.0277. The zero-order valence-corrected chi connectivity index (χ0v) is 11.0. The van der Waals surface area contributed by atoms with E-state index in [4.69, 9.17) is 0 Å². The van der Waals surface area contributed by atoms with Crippen molar-refractivity contribution in [3.63, 3.8) is 0 Å². The van der Waals surface area contributed by atoms with Crippen molar-refractivity contribution in [1.82, 2.24) is 10.2 Å². The van der Waals surface area contributed by atoms with Crippen LogP contribution >= 0.6 is 0 Å². The van der Waals surface area contributed by atoms with E-state index in [9.17, 15) is 9.59 Å². The number of rotatable bonds is 5. The van der Waals surface area contributed by atoms with Crippen LogP contribution in [0, 0.1) is 5.41 Å². The summed E-state index contributed by atoms with van der Waals surface area (Å²) in [6.45, 7) is 8.32. The summed E-state index contributed by atoms with van der Waals surface area (Å²) in [4.78, 5) is 25.2. The van der Waals surface area contributed by atoms with Crippen molar-refractivity contribution in [3.05, 3.63) is 24.4 Å². The Morgan fingerprint density at radius 2 is 2.17 bits per heavy atom. The SMILES string of the molecule is C=C1C=CC(=O)N1CCC1(C(=O)NC(C)C)CC1. The first-order valence-electron chi connectivity index (χ1n) is 6.44. The molecular weight excluding hydrogens is 228 g/mol. The molecule has 0 unspecified atom stereocenters. The van der Waals surface area contributed by atoms with Gasteiger partial charge < -0.3 is 10.2 Å². The quantitative estimate of drug-likeness (QED) is 0.803. The van der Waals surface area contributed by atoms with E-state index >= 15 is 0 Å². The summed E-state index contributed by atoms with van der Waals surface area (Å²) in [6.07, 6.45) is 5.81. The molecule has 0 spiro atoms. The van der Waals surface area contributed by atoms with Gasteiger partial charge in [0.25, 0.3) is 5.91 Å². The van der Waals surface area contributed by atoms with E-state index in [-0.39, 0.29) is 23.3 Å². The minimum atomic E-state index is -0.243. The van der Waals surface area contributed by atoms with Gasteiger partial charge in [0, 0.05) is 24.4 Å². The second-order valence-corrected chi connectivity index (χ2v) is 5.47. The van der Waals surface area contributed by atoms with Crippen molar-refractivity contribution in [3.8, 4) is 0 Å². The zero-order chi connectivity index (χ0) is 13.3. The van der Waals surface area contributed by atoms with Crippen LogP contribution in [-0.2, 0) is 9.59 Å². The molecule has 2 amide bonds. The maximum atomic E-state index is 12.1. The van der Waals surface area contributed by atoms with E-state index in [1.165, 1.54) is 6.08 Å². The molecule has 0 aromatic rings. The zero-order valence-electron chi connectivity index (χ0n) is 11.0. The molecule has 0 atom stereocenters. The molecule has 1 N–H and O–H groups in total. The van der Waals surface area contributed by atoms with E-state index in [0.717, 1.165) is 25.0 Å². The summed E-state index contributed by atoms with van der Waals surface area (Å²) >= 11 is 0. The monoisotopic (exact) mass is 248 g/mol. The highest BCUT2D eigenvalue weighted by Crippen LogP contribution is 2.49. The van der Waals surface area contributed by atoms with Gasteiger partial charge >= 0.3 is 0 Å². The van der Waals surface area contributed by atoms with Crippen molar-refractivity contribution >= 4 is 11.8 Å². The number of amides is 2. The Morgan fingerprint density at radius 1 is 1.50 bits per heavy atom. The van der Waals surface area contributed by atoms with Gasteiger partial charge in [-0.05, 0) is 39.2 Å². The summed E-state index contributed by atoms with van der Waals surface area (Å²) in [6, 6.07) is 0.167. The molecule has 2 rings (SSSR count). The standard InChI is InChI=1S/C14H20N2O2/c1-10(2)15-13(18)14(6-7-14)8-9-16-11(3)4-5-12(16)17/h4-5,10H,3,6-9H2,1-2H3,(H,15,18). The molecule has 4 nitrogen and oxygen atoms in total. The molecule has 1 aliphatic heterocycles. The number of hydrogen-bond donors (Lipinski definition) is 1. The molecule has 1 aliphatic carbocycles. The molecule has 18 heavy (non-hydrogen) atoms. The third-order valence-corrected chi connectivity index (χ3v) is 3.60. The van der Waals surface area contributed by atoms with Gasteiger partial charge in [0.05, 0.1) is 5.41 Å². The lowest BCUT2D eigenvalue weighted by atomic mass is 10.0. The molecule has 98 valence electrons. The summed E-state index contributed by atoms with van der Waals surface area (Å²) in [5.41, 5.74) is 0.480. The van der Waals surface area contributed by atoms with Gasteiger partial charge in [-0.2, -0.15) is 0 Å². The molecule has 0 aromatic heterocycles. The van der Waals surface area contributed by atoms with Gasteiger partial charge in [-0.15, -0.1) is 0 Å². The van der Waals surface area contributed by atoms with Crippen molar-refractivity contribution in [2.24, 2.45) is 5.41 Å². The van der Waals surface area contributed by atoms with Crippen LogP contribution in [0.15, 0.2) is 24.4 Å². The first kappa shape index (κ1) is 12.9. The van der Waals surface area contributed by atoms with Gasteiger partial charge in [-0.1, -0.05) is 6.58 Å². The molecule has 4 heteroatoms. The van der Waals surface area contributed by atoms with Crippen LogP contribution in [0.3, 0.4) is 0 Å². The number of hydrogen-bond acceptors (Lipinski definition) is 2. The van der Waals surface area contributed by atoms with Crippen LogP contribution < -0.4 is 5.32 Å². The topological polar surface area (TPSA) is 49.4 Å². The molecular formula is C14H20N2O2. The van der Waals surface area contributed by atoms with Crippen LogP contribution in [-0.4, -0.2) is 29.3 Å². The molecule has 1 saturated carbocycles. The highest BCUT2D eigenvalue weighted by atomic mass is 16.2. The lowest BCUT2D eigenvalue weighted by Gasteiger charge is -2.22. The van der Waals surface area contributed by atoms with Crippen LogP contribution in [0.4, 0.5) is 0 Å². The molecule has 0 radical (unpaired) electrons. The summed E-state index contributed by atoms with van der Waals surface area (Å²) in [5.74, 6) is 0.0998. The van der Waals surface area contributed by atoms with Crippen LogP contribution in [0.2, 0.25) is 0 Å². The van der Waals surface area contributed by atoms with E-state index in [1.807, 2.05) is 13.8 Å². The average molecular weight is 248 g/mol. The molecule has 0 saturated heterocycles. The molecule has 1 heterocycles. The van der Waals surface area contributed by atoms with Crippen molar-refractivity contribution < 1.29 is 9.59 Å². The highest BCUT2D eigenvalue weighted by Gasteiger charge is 2.49. The van der Waals surface area contributed by atoms with E-state index in [1.54, 1.807) is 11.0 Å². The van der Waals surface area contributed by atoms with Crippen molar-refractivity contribution in [2.75, 3.05) is 6.54 Å². The Kier molecular flexibility index (Phi) is 3.28.